The van der Waals surface area contributed by atoms with Crippen molar-refractivity contribution in [1.29, 1.82) is 0 Å². The van der Waals surface area contributed by atoms with E-state index in [-0.39, 0.29) is 5.91 Å². The summed E-state index contributed by atoms with van der Waals surface area (Å²) in [7, 11) is 0. The molecule has 2 aromatic heterocycles. The molecule has 1 saturated carbocycles. The van der Waals surface area contributed by atoms with E-state index in [2.05, 4.69) is 26.5 Å². The highest BCUT2D eigenvalue weighted by Crippen LogP contribution is 2.29. The fraction of sp³-hybridized carbons (Fsp3) is 0.364. The van der Waals surface area contributed by atoms with Crippen molar-refractivity contribution in [3.63, 3.8) is 0 Å². The molecule has 29 heavy (non-hydrogen) atoms. The molecule has 1 aromatic carbocycles. The quantitative estimate of drug-likeness (QED) is 0.739. The number of carbonyl (C=O) groups is 1. The molecule has 3 heterocycles. The standard InChI is InChI=1S/C22H23N5O2/c1-14-2-3-15(22(28)25-18-4-5-18)11-19(14)16-10-17-13-24-26-21(20(17)23-12-16)27-6-8-29-9-7-27/h2-3,10-13,18H,4-9H2,1H3,(H,25,28). The van der Waals surface area contributed by atoms with Gasteiger partial charge in [-0.3, -0.25) is 9.78 Å². The summed E-state index contributed by atoms with van der Waals surface area (Å²) in [6.07, 6.45) is 5.75. The number of nitrogens with one attached hydrogen (secondary N) is 1. The van der Waals surface area contributed by atoms with Gasteiger partial charge in [-0.05, 0) is 49.1 Å². The summed E-state index contributed by atoms with van der Waals surface area (Å²) in [5.41, 5.74) is 4.60. The largest absolute Gasteiger partial charge is 0.378 e. The molecule has 1 aliphatic carbocycles. The minimum Gasteiger partial charge on any atom is -0.378 e. The highest BCUT2D eigenvalue weighted by Gasteiger charge is 2.24. The van der Waals surface area contributed by atoms with Crippen LogP contribution >= 0.6 is 0 Å². The first-order chi connectivity index (χ1) is 14.2. The fourth-order valence-corrected chi connectivity index (χ4v) is 3.67. The molecule has 1 amide bonds. The van der Waals surface area contributed by atoms with E-state index >= 15 is 0 Å². The molecule has 0 bridgehead atoms. The van der Waals surface area contributed by atoms with E-state index in [1.165, 1.54) is 0 Å². The number of anilines is 1. The van der Waals surface area contributed by atoms with Crippen molar-refractivity contribution in [2.24, 2.45) is 0 Å². The minimum absolute atomic E-state index is 0.0111. The molecular weight excluding hydrogens is 366 g/mol. The Labute approximate surface area is 169 Å². The van der Waals surface area contributed by atoms with Crippen LogP contribution in [0.1, 0.15) is 28.8 Å². The molecule has 1 aliphatic heterocycles. The molecule has 148 valence electrons. The number of aryl methyl sites for hydroxylation is 1. The zero-order valence-electron chi connectivity index (χ0n) is 16.4. The van der Waals surface area contributed by atoms with Gasteiger partial charge in [-0.15, -0.1) is 5.10 Å². The summed E-state index contributed by atoms with van der Waals surface area (Å²) in [5.74, 6) is 0.787. The van der Waals surface area contributed by atoms with Gasteiger partial charge in [-0.1, -0.05) is 6.07 Å². The predicted molar refractivity (Wildman–Crippen MR) is 111 cm³/mol. The first-order valence-corrected chi connectivity index (χ1v) is 10.0. The molecular formula is C22H23N5O2. The van der Waals surface area contributed by atoms with Crippen LogP contribution in [-0.2, 0) is 4.74 Å². The number of hydrogen-bond acceptors (Lipinski definition) is 6. The number of ether oxygens (including phenoxy) is 1. The van der Waals surface area contributed by atoms with Gasteiger partial charge in [0.05, 0.1) is 19.4 Å². The Bertz CT molecular complexity index is 1070. The van der Waals surface area contributed by atoms with Crippen molar-refractivity contribution >= 4 is 22.6 Å². The summed E-state index contributed by atoms with van der Waals surface area (Å²) in [5, 5.41) is 12.5. The van der Waals surface area contributed by atoms with E-state index in [1.54, 1.807) is 6.20 Å². The lowest BCUT2D eigenvalue weighted by Gasteiger charge is -2.27. The highest BCUT2D eigenvalue weighted by molar-refractivity contribution is 5.97. The maximum absolute atomic E-state index is 12.5. The summed E-state index contributed by atoms with van der Waals surface area (Å²) in [6, 6.07) is 8.24. The lowest BCUT2D eigenvalue weighted by Crippen LogP contribution is -2.37. The van der Waals surface area contributed by atoms with E-state index < -0.39 is 0 Å². The number of morpholine rings is 1. The topological polar surface area (TPSA) is 80.2 Å². The van der Waals surface area contributed by atoms with Crippen molar-refractivity contribution in [2.45, 2.75) is 25.8 Å². The van der Waals surface area contributed by atoms with E-state index in [0.29, 0.717) is 24.8 Å². The Morgan fingerprint density at radius 3 is 2.79 bits per heavy atom. The molecule has 0 unspecified atom stereocenters. The first-order valence-electron chi connectivity index (χ1n) is 10.0. The average molecular weight is 389 g/mol. The second-order valence-corrected chi connectivity index (χ2v) is 7.71. The Hall–Kier alpha value is -3.06. The van der Waals surface area contributed by atoms with Crippen molar-refractivity contribution < 1.29 is 9.53 Å². The van der Waals surface area contributed by atoms with Gasteiger partial charge >= 0.3 is 0 Å². The van der Waals surface area contributed by atoms with Gasteiger partial charge in [0.1, 0.15) is 5.52 Å². The van der Waals surface area contributed by atoms with Crippen LogP contribution in [0.15, 0.2) is 36.7 Å². The number of hydrogen-bond donors (Lipinski definition) is 1. The molecule has 1 saturated heterocycles. The fourth-order valence-electron chi connectivity index (χ4n) is 3.67. The van der Waals surface area contributed by atoms with Crippen LogP contribution in [0.2, 0.25) is 0 Å². The number of carbonyl (C=O) groups excluding carboxylic acids is 1. The maximum atomic E-state index is 12.5. The van der Waals surface area contributed by atoms with Gasteiger partial charge < -0.3 is 15.0 Å². The molecule has 2 fully saturated rings. The number of amides is 1. The van der Waals surface area contributed by atoms with Crippen LogP contribution in [0.25, 0.3) is 22.0 Å². The zero-order valence-corrected chi connectivity index (χ0v) is 16.4. The lowest BCUT2D eigenvalue weighted by molar-refractivity contribution is 0.0951. The monoisotopic (exact) mass is 389 g/mol. The van der Waals surface area contributed by atoms with Gasteiger partial charge in [0.15, 0.2) is 5.82 Å². The molecule has 0 spiro atoms. The molecule has 0 radical (unpaired) electrons. The average Bonchev–Trinajstić information content (AvgIpc) is 3.58. The minimum atomic E-state index is -0.0111. The van der Waals surface area contributed by atoms with Gasteiger partial charge in [-0.2, -0.15) is 5.10 Å². The number of aromatic nitrogens is 3. The van der Waals surface area contributed by atoms with Gasteiger partial charge in [0.25, 0.3) is 5.91 Å². The molecule has 5 rings (SSSR count). The van der Waals surface area contributed by atoms with E-state index in [9.17, 15) is 4.79 Å². The summed E-state index contributed by atoms with van der Waals surface area (Å²) >= 11 is 0. The van der Waals surface area contributed by atoms with Gasteiger partial charge in [0.2, 0.25) is 0 Å². The molecule has 0 atom stereocenters. The van der Waals surface area contributed by atoms with E-state index in [4.69, 9.17) is 9.72 Å². The Morgan fingerprint density at radius 1 is 1.17 bits per heavy atom. The van der Waals surface area contributed by atoms with Crippen LogP contribution in [-0.4, -0.2) is 53.4 Å². The van der Waals surface area contributed by atoms with Crippen molar-refractivity contribution in [1.82, 2.24) is 20.5 Å². The van der Waals surface area contributed by atoms with Crippen LogP contribution in [0.5, 0.6) is 0 Å². The lowest BCUT2D eigenvalue weighted by atomic mass is 9.98. The van der Waals surface area contributed by atoms with Crippen LogP contribution < -0.4 is 10.2 Å². The number of fused-ring (bicyclic) bond motifs is 1. The Kier molecular flexibility index (Phi) is 4.60. The maximum Gasteiger partial charge on any atom is 0.251 e. The molecule has 7 heteroatoms. The SMILES string of the molecule is Cc1ccc(C(=O)NC2CC2)cc1-c1cnc2c(N3CCOCC3)nncc2c1. The summed E-state index contributed by atoms with van der Waals surface area (Å²) in [6.45, 7) is 4.99. The number of nitrogens with zero attached hydrogens (tertiary/aromatic N) is 4. The van der Waals surface area contributed by atoms with Crippen molar-refractivity contribution in [2.75, 3.05) is 31.2 Å². The highest BCUT2D eigenvalue weighted by atomic mass is 16.5. The number of pyridine rings is 1. The van der Waals surface area contributed by atoms with Crippen LogP contribution in [0.3, 0.4) is 0 Å². The smallest absolute Gasteiger partial charge is 0.251 e. The summed E-state index contributed by atoms with van der Waals surface area (Å²) < 4.78 is 5.44. The Morgan fingerprint density at radius 2 is 2.00 bits per heavy atom. The third-order valence-corrected chi connectivity index (χ3v) is 5.51. The number of rotatable bonds is 4. The first kappa shape index (κ1) is 18.0. The molecule has 3 aromatic rings. The van der Waals surface area contributed by atoms with Crippen LogP contribution in [0, 0.1) is 6.92 Å². The third kappa shape index (κ3) is 3.65. The summed E-state index contributed by atoms with van der Waals surface area (Å²) in [4.78, 5) is 19.3. The van der Waals surface area contributed by atoms with E-state index in [1.807, 2.05) is 31.3 Å². The Balaban J connectivity index is 1.51. The second kappa shape index (κ2) is 7.40. The normalized spacial score (nSPS) is 16.8. The zero-order chi connectivity index (χ0) is 19.8. The predicted octanol–water partition coefficient (Wildman–Crippen LogP) is 2.73. The van der Waals surface area contributed by atoms with Gasteiger partial charge in [0, 0.05) is 41.8 Å². The van der Waals surface area contributed by atoms with Crippen LogP contribution in [0.4, 0.5) is 5.82 Å². The van der Waals surface area contributed by atoms with Crippen molar-refractivity contribution in [3.8, 4) is 11.1 Å². The molecule has 7 nitrogen and oxygen atoms in total. The number of benzene rings is 1. The van der Waals surface area contributed by atoms with Crippen molar-refractivity contribution in [3.05, 3.63) is 47.8 Å². The molecule has 2 aliphatic rings. The second-order valence-electron chi connectivity index (χ2n) is 7.71. The van der Waals surface area contributed by atoms with E-state index in [0.717, 1.165) is 59.3 Å². The third-order valence-electron chi connectivity index (χ3n) is 5.51. The van der Waals surface area contributed by atoms with Gasteiger partial charge in [-0.25, -0.2) is 0 Å². The molecule has 1 N–H and O–H groups in total.